The summed E-state index contributed by atoms with van der Waals surface area (Å²) in [5, 5.41) is 29.1. The number of amidine groups is 2. The molecule has 1 atom stereocenters. The Bertz CT molecular complexity index is 3550. The summed E-state index contributed by atoms with van der Waals surface area (Å²) < 4.78 is 26.0. The van der Waals surface area contributed by atoms with Gasteiger partial charge in [-0.3, -0.25) is 49.7 Å². The second-order valence-electron chi connectivity index (χ2n) is 26.2. The molecule has 26 nitrogen and oxygen atoms in total. The van der Waals surface area contributed by atoms with Crippen LogP contribution < -0.4 is 96.8 Å². The van der Waals surface area contributed by atoms with E-state index in [4.69, 9.17) is 89.2 Å². The number of nitrogens with zero attached hydrogens (tertiary/aromatic N) is 10. The number of carbonyl (C=O) groups is 2. The summed E-state index contributed by atoms with van der Waals surface area (Å²) in [5.41, 5.74) is 18.9. The molecule has 7 aliphatic rings. The fourth-order valence-corrected chi connectivity index (χ4v) is 12.3. The number of aromatic nitrogens is 5. The molecule has 0 aliphatic carbocycles. The Balaban J connectivity index is 0.000000361. The van der Waals surface area contributed by atoms with Crippen LogP contribution in [0.1, 0.15) is 86.4 Å². The van der Waals surface area contributed by atoms with Crippen LogP contribution in [-0.2, 0) is 90.8 Å². The van der Waals surface area contributed by atoms with Crippen molar-refractivity contribution >= 4 is 76.4 Å². The standard InChI is InChI=1S/C27H33ClN6O.C19H24N4O2.C15H19NO3.C6H13N3O.C4H9NO.C2H5ClN2.CH3O.ClH.2Na.H/c1-27(2,3)19-6-8-20(9-7-19)30-25-21-10-12-34(26-22(28)5-4-11-29-26)17-23(21)31-24(32-25)18-33-13-15-35-16-14-33;24-19-16-6-7-23(12-15-4-2-1-3-5-15)13-17(16)20-18(21-19)14-22-8-10-25-11-9-22;1-2-19-15(18)13-8-9-16(11-14(13)17)10-12-6-4-3-5-7-12;7-6(8)5-9-1-3-10-4-2-9;1-3-6-4-2-5-1;3-1-2(4)5;1-2;;;;/h4-9,11H,10,12-18H2,1-3H3,(H,30,31,32);1-5H,6-14H2,(H,20,21,24);3-7,13H,2,8-11H2,1H3;1-5H2,(H3,7,8);5H,1-4H2;1H2,(H3,4,5);1H3;1H;;;/q;;;;;;-1;;2*+1;-1. The number of fused-ring (bicyclic) bond motifs is 2. The molecule has 3 aromatic heterocycles. The molecule has 0 radical (unpaired) electrons. The van der Waals surface area contributed by atoms with Gasteiger partial charge in [-0.05, 0) is 72.6 Å². The molecular weight excluding hydrogens is 1420 g/mol. The SMILES string of the molecule is C1COCCN1.CC(C)(C)c1ccc(Nc2nc(CN3CCOCC3)nc3c2CCN(c2ncccc2Cl)C3)cc1.CCOC(=O)C1CCN(Cc2ccccc2)CC1=O.C[O-].Cl.N=C(N)CCl.N=C(N)CN1CCOCC1.O=c1[nH]c(CN2CCOCC2)nc2c1CCN(Cc1ccccc1)C2.[H-].[Na+].[Na+]. The number of ether oxygens (including phenoxy) is 5. The van der Waals surface area contributed by atoms with Gasteiger partial charge in [0, 0.05) is 115 Å². The Morgan fingerprint density at radius 3 is 1.70 bits per heavy atom. The number of esters is 1. The number of nitrogens with one attached hydrogen (secondary N) is 5. The third-order valence-corrected chi connectivity index (χ3v) is 18.0. The molecule has 0 bridgehead atoms. The summed E-state index contributed by atoms with van der Waals surface area (Å²) in [6, 6.07) is 32.9. The largest absolute Gasteiger partial charge is 1.00 e. The Kier molecular flexibility index (Phi) is 44.4. The van der Waals surface area contributed by atoms with Crippen LogP contribution >= 0.6 is 35.6 Å². The van der Waals surface area contributed by atoms with Crippen LogP contribution in [0.15, 0.2) is 108 Å². The maximum atomic E-state index is 12.4. The van der Waals surface area contributed by atoms with Gasteiger partial charge in [-0.25, -0.2) is 19.9 Å². The maximum Gasteiger partial charge on any atom is 1.00 e. The molecule has 1 unspecified atom stereocenters. The number of likely N-dealkylation sites (tertiary alicyclic amines) is 1. The molecule has 105 heavy (non-hydrogen) atoms. The number of pyridine rings is 1. The molecule has 0 amide bonds. The summed E-state index contributed by atoms with van der Waals surface area (Å²) in [6.07, 6.45) is 3.93. The van der Waals surface area contributed by atoms with Gasteiger partial charge in [0.1, 0.15) is 40.9 Å². The van der Waals surface area contributed by atoms with E-state index in [-0.39, 0.29) is 113 Å². The molecule has 10 heterocycles. The molecule has 566 valence electrons. The van der Waals surface area contributed by atoms with E-state index in [1.165, 1.54) is 22.3 Å². The first kappa shape index (κ1) is 92.3. The van der Waals surface area contributed by atoms with E-state index in [2.05, 4.69) is 119 Å². The number of H-pyrrole nitrogens is 1. The second-order valence-corrected chi connectivity index (χ2v) is 26.9. The number of piperidine rings is 1. The summed E-state index contributed by atoms with van der Waals surface area (Å²) in [7, 11) is 0.750. The minimum atomic E-state index is -0.563. The molecule has 0 saturated carbocycles. The number of ketones is 1. The van der Waals surface area contributed by atoms with Gasteiger partial charge in [0.05, 0.1) is 114 Å². The number of alkyl halides is 1. The fourth-order valence-electron chi connectivity index (χ4n) is 12.0. The van der Waals surface area contributed by atoms with Crippen LogP contribution in [0.25, 0.3) is 0 Å². The Morgan fingerprint density at radius 1 is 0.657 bits per heavy atom. The van der Waals surface area contributed by atoms with Gasteiger partial charge >= 0.3 is 65.1 Å². The van der Waals surface area contributed by atoms with Gasteiger partial charge in [-0.15, -0.1) is 24.0 Å². The Hall–Kier alpha value is -5.12. The zero-order valence-corrected chi connectivity index (χ0v) is 68.8. The molecular formula is C74H108Cl3N17Na2O9. The number of aromatic amines is 1. The van der Waals surface area contributed by atoms with Crippen molar-refractivity contribution in [2.75, 3.05) is 168 Å². The predicted octanol–water partition coefficient (Wildman–Crippen LogP) is 0.303. The Morgan fingerprint density at radius 2 is 1.19 bits per heavy atom. The maximum absolute atomic E-state index is 12.4. The van der Waals surface area contributed by atoms with Crippen LogP contribution in [0.4, 0.5) is 17.3 Å². The molecule has 5 saturated heterocycles. The van der Waals surface area contributed by atoms with Crippen LogP contribution in [0.2, 0.25) is 5.02 Å². The summed E-state index contributed by atoms with van der Waals surface area (Å²) in [4.78, 5) is 71.7. The van der Waals surface area contributed by atoms with Crippen molar-refractivity contribution in [1.29, 1.82) is 10.8 Å². The number of Topliss-reactive ketones (excluding diaryl/α,β-unsaturated/α-hetero) is 1. The summed E-state index contributed by atoms with van der Waals surface area (Å²) >= 11 is 11.4. The van der Waals surface area contributed by atoms with E-state index in [9.17, 15) is 14.4 Å². The topological polar surface area (TPSA) is 331 Å². The van der Waals surface area contributed by atoms with Crippen LogP contribution in [0.3, 0.4) is 0 Å². The number of nitrogens with two attached hydrogens (primary N) is 2. The van der Waals surface area contributed by atoms with Gasteiger partial charge < -0.3 is 62.2 Å². The molecule has 7 aliphatic heterocycles. The van der Waals surface area contributed by atoms with Crippen molar-refractivity contribution in [1.82, 2.24) is 54.7 Å². The quantitative estimate of drug-likeness (QED) is 0.0171. The van der Waals surface area contributed by atoms with Crippen LogP contribution in [0.5, 0.6) is 0 Å². The minimum absolute atomic E-state index is 0. The average molecular weight is 1530 g/mol. The average Bonchev–Trinajstić information content (AvgIpc) is 0.789. The summed E-state index contributed by atoms with van der Waals surface area (Å²) in [5.74, 6) is 2.74. The van der Waals surface area contributed by atoms with Crippen molar-refractivity contribution < 1.29 is 98.9 Å². The van der Waals surface area contributed by atoms with Gasteiger partial charge in [0.15, 0.2) is 5.78 Å². The third-order valence-electron chi connectivity index (χ3n) is 17.4. The molecule has 31 heteroatoms. The molecule has 13 rings (SSSR count). The second kappa shape index (κ2) is 50.6. The number of anilines is 3. The molecule has 5 fully saturated rings. The number of morpholine rings is 4. The van der Waals surface area contributed by atoms with Crippen LogP contribution in [0, 0.1) is 16.7 Å². The van der Waals surface area contributed by atoms with E-state index < -0.39 is 5.92 Å². The first-order valence-electron chi connectivity index (χ1n) is 35.2. The van der Waals surface area contributed by atoms with Gasteiger partial charge in [0.2, 0.25) is 0 Å². The van der Waals surface area contributed by atoms with E-state index in [1.54, 1.807) is 13.1 Å². The normalized spacial score (nSPS) is 17.5. The number of hydrogen-bond donors (Lipinski definition) is 7. The van der Waals surface area contributed by atoms with Crippen LogP contribution in [-0.4, -0.2) is 230 Å². The van der Waals surface area contributed by atoms with E-state index in [0.29, 0.717) is 50.8 Å². The molecule has 6 aromatic rings. The number of benzene rings is 3. The first-order valence-corrected chi connectivity index (χ1v) is 36.1. The van der Waals surface area contributed by atoms with E-state index >= 15 is 0 Å². The molecule has 0 spiro atoms. The monoisotopic (exact) mass is 1530 g/mol. The first-order chi connectivity index (χ1) is 49.4. The fraction of sp³-hybridized carbons (Fsp3) is 0.527. The number of hydrogen-bond acceptors (Lipinski definition) is 23. The van der Waals surface area contributed by atoms with E-state index in [1.807, 2.05) is 48.5 Å². The van der Waals surface area contributed by atoms with Crippen molar-refractivity contribution in [3.63, 3.8) is 0 Å². The smallest absolute Gasteiger partial charge is 1.00 e. The zero-order chi connectivity index (χ0) is 73.1. The molecule has 3 aromatic carbocycles. The minimum Gasteiger partial charge on any atom is -1.00 e. The zero-order valence-electron chi connectivity index (χ0n) is 63.5. The van der Waals surface area contributed by atoms with Crippen molar-refractivity contribution in [2.45, 2.75) is 91.6 Å². The van der Waals surface area contributed by atoms with Gasteiger partial charge in [0.25, 0.3) is 5.56 Å². The van der Waals surface area contributed by atoms with Gasteiger partial charge in [-0.2, -0.15) is 7.11 Å². The third kappa shape index (κ3) is 32.9. The van der Waals surface area contributed by atoms with Crippen molar-refractivity contribution in [3.8, 4) is 0 Å². The number of halogens is 3. The summed E-state index contributed by atoms with van der Waals surface area (Å²) in [6.45, 7) is 30.4. The van der Waals surface area contributed by atoms with Crippen molar-refractivity contribution in [3.05, 3.63) is 169 Å². The number of carbonyl (C=O) groups excluding carboxylic acids is 2. The van der Waals surface area contributed by atoms with Gasteiger partial charge in [-0.1, -0.05) is 105 Å². The molecule has 9 N–H and O–H groups in total. The number of rotatable bonds is 16. The van der Waals surface area contributed by atoms with Crippen molar-refractivity contribution in [2.24, 2.45) is 17.4 Å². The van der Waals surface area contributed by atoms with E-state index in [0.717, 1.165) is 210 Å². The predicted molar refractivity (Wildman–Crippen MR) is 407 cm³/mol. The Labute approximate surface area is 681 Å².